The predicted molar refractivity (Wildman–Crippen MR) is 223 cm³/mol. The van der Waals surface area contributed by atoms with Crippen molar-refractivity contribution in [2.45, 2.75) is 107 Å². The van der Waals surface area contributed by atoms with Crippen molar-refractivity contribution in [3.8, 4) is 11.5 Å². The Hall–Kier alpha value is -3.74. The molecule has 10 nitrogen and oxygen atoms in total. The molecule has 4 heterocycles. The molecule has 1 aromatic carbocycles. The zero-order valence-corrected chi connectivity index (χ0v) is 34.1. The number of ether oxygens (including phenoxy) is 4. The van der Waals surface area contributed by atoms with Crippen molar-refractivity contribution in [2.75, 3.05) is 32.2 Å². The number of aliphatic hydroxyl groups excluding tert-OH is 2. The second-order valence-corrected chi connectivity index (χ2v) is 17.0. The summed E-state index contributed by atoms with van der Waals surface area (Å²) < 4.78 is 26.9. The highest BCUT2D eigenvalue weighted by Crippen LogP contribution is 2.62. The van der Waals surface area contributed by atoms with E-state index in [1.165, 1.54) is 5.56 Å². The molecule has 0 amide bonds. The predicted octanol–water partition coefficient (Wildman–Crippen LogP) is 8.50. The number of fused-ring (bicyclic) bond motifs is 2. The fourth-order valence-corrected chi connectivity index (χ4v) is 10.6. The van der Waals surface area contributed by atoms with Crippen molar-refractivity contribution in [1.82, 2.24) is 9.97 Å². The first-order valence-electron chi connectivity index (χ1n) is 20.9. The molecule has 3 aromatic rings. The number of aryl methyl sites for hydroxylation is 2. The van der Waals surface area contributed by atoms with Gasteiger partial charge in [-0.05, 0) is 123 Å². The number of aliphatic hydroxyl groups is 2. The average molecular weight is 798 g/mol. The monoisotopic (exact) mass is 797 g/mol. The van der Waals surface area contributed by atoms with Crippen LogP contribution in [0.15, 0.2) is 90.4 Å². The highest BCUT2D eigenvalue weighted by atomic mass is 32.2. The number of hydrogen-bond acceptors (Lipinski definition) is 11. The Morgan fingerprint density at radius 3 is 2.65 bits per heavy atom. The van der Waals surface area contributed by atoms with Crippen LogP contribution in [0, 0.1) is 24.7 Å². The number of benzene rings is 1. The molecule has 2 aromatic heterocycles. The minimum absolute atomic E-state index is 0.0169. The first-order valence-corrected chi connectivity index (χ1v) is 22.0. The summed E-state index contributed by atoms with van der Waals surface area (Å²) in [5, 5.41) is 24.6. The summed E-state index contributed by atoms with van der Waals surface area (Å²) in [6, 6.07) is 16.3. The number of allylic oxidation sites excluding steroid dienone is 1. The van der Waals surface area contributed by atoms with Gasteiger partial charge in [-0.25, -0.2) is 0 Å². The summed E-state index contributed by atoms with van der Waals surface area (Å²) in [4.78, 5) is 15.2. The van der Waals surface area contributed by atoms with Gasteiger partial charge in [-0.1, -0.05) is 36.2 Å². The molecule has 2 aliphatic carbocycles. The lowest BCUT2D eigenvalue weighted by atomic mass is 9.56. The van der Waals surface area contributed by atoms with Crippen LogP contribution in [0.2, 0.25) is 0 Å². The molecule has 0 spiro atoms. The zero-order valence-electron chi connectivity index (χ0n) is 33.3. The summed E-state index contributed by atoms with van der Waals surface area (Å²) >= 11 is 1.86. The highest BCUT2D eigenvalue weighted by Gasteiger charge is 2.64. The molecule has 1 saturated heterocycles. The van der Waals surface area contributed by atoms with E-state index < -0.39 is 5.79 Å². The molecule has 11 heteroatoms. The van der Waals surface area contributed by atoms with E-state index in [-0.39, 0.29) is 48.4 Å². The zero-order chi connectivity index (χ0) is 39.5. The Morgan fingerprint density at radius 1 is 1.04 bits per heavy atom. The summed E-state index contributed by atoms with van der Waals surface area (Å²) in [6.07, 6.45) is 17.0. The van der Waals surface area contributed by atoms with Gasteiger partial charge >= 0.3 is 0 Å². The molecule has 1 saturated carbocycles. The number of nitrogens with zero attached hydrogens (tertiary/aromatic N) is 3. The molecule has 2 fully saturated rings. The van der Waals surface area contributed by atoms with Crippen LogP contribution in [-0.2, 0) is 27.3 Å². The molecule has 1 unspecified atom stereocenters. The second kappa shape index (κ2) is 20.3. The number of pyridine rings is 2. The number of thioether (sulfide) groups is 1. The molecule has 7 rings (SSSR count). The molecule has 0 bridgehead atoms. The van der Waals surface area contributed by atoms with Gasteiger partial charge in [0.05, 0.1) is 35.8 Å². The van der Waals surface area contributed by atoms with Gasteiger partial charge in [-0.3, -0.25) is 9.97 Å². The van der Waals surface area contributed by atoms with Gasteiger partial charge in [0, 0.05) is 55.6 Å². The first kappa shape index (κ1) is 41.4. The van der Waals surface area contributed by atoms with E-state index in [2.05, 4.69) is 46.9 Å². The second-order valence-electron chi connectivity index (χ2n) is 15.7. The quantitative estimate of drug-likeness (QED) is 0.0654. The molecule has 0 radical (unpaired) electrons. The largest absolute Gasteiger partial charge is 0.487 e. The van der Waals surface area contributed by atoms with Crippen LogP contribution in [0.3, 0.4) is 0 Å². The molecule has 7 atom stereocenters. The summed E-state index contributed by atoms with van der Waals surface area (Å²) in [5.41, 5.74) is 6.18. The molecule has 2 N–H and O–H groups in total. The lowest BCUT2D eigenvalue weighted by Crippen LogP contribution is -2.64. The minimum atomic E-state index is -1.03. The van der Waals surface area contributed by atoms with Crippen LogP contribution in [-0.4, -0.2) is 75.4 Å². The minimum Gasteiger partial charge on any atom is -0.487 e. The summed E-state index contributed by atoms with van der Waals surface area (Å²) in [6.45, 7) is 7.72. The van der Waals surface area contributed by atoms with Crippen molar-refractivity contribution >= 4 is 17.5 Å². The third kappa shape index (κ3) is 9.94. The number of hydrogen-bond donors (Lipinski definition) is 2. The Morgan fingerprint density at radius 2 is 1.88 bits per heavy atom. The highest BCUT2D eigenvalue weighted by molar-refractivity contribution is 8.00. The fraction of sp³-hybridized carbons (Fsp3) is 0.543. The number of unbranched alkanes of at least 4 members (excludes halogenated alkanes) is 2. The lowest BCUT2D eigenvalue weighted by Gasteiger charge is -2.58. The van der Waals surface area contributed by atoms with Gasteiger partial charge in [0.2, 0.25) is 12.1 Å². The average Bonchev–Trinajstić information content (AvgIpc) is 3.24. The topological polar surface area (TPSA) is 125 Å². The normalized spacial score (nSPS) is 27.1. The van der Waals surface area contributed by atoms with Crippen molar-refractivity contribution in [1.29, 1.82) is 0 Å². The van der Waals surface area contributed by atoms with E-state index in [0.717, 1.165) is 110 Å². The molecule has 4 aliphatic rings. The number of rotatable bonds is 20. The molecule has 57 heavy (non-hydrogen) atoms. The van der Waals surface area contributed by atoms with E-state index in [9.17, 15) is 10.2 Å². The van der Waals surface area contributed by atoms with Gasteiger partial charge in [0.1, 0.15) is 18.1 Å². The van der Waals surface area contributed by atoms with Crippen molar-refractivity contribution in [3.63, 3.8) is 0 Å². The Bertz CT molecular complexity index is 1820. The van der Waals surface area contributed by atoms with E-state index in [1.54, 1.807) is 0 Å². The van der Waals surface area contributed by atoms with Crippen molar-refractivity contribution in [2.24, 2.45) is 22.9 Å². The third-order valence-electron chi connectivity index (χ3n) is 11.8. The Kier molecular flexibility index (Phi) is 14.7. The van der Waals surface area contributed by atoms with Crippen LogP contribution < -0.4 is 9.47 Å². The maximum atomic E-state index is 9.95. The van der Waals surface area contributed by atoms with E-state index >= 15 is 0 Å². The van der Waals surface area contributed by atoms with Gasteiger partial charge in [-0.15, -0.1) is 6.58 Å². The van der Waals surface area contributed by atoms with Gasteiger partial charge in [-0.2, -0.15) is 11.8 Å². The SMILES string of the molecule is C=CCO[C@@]12Oc3ccc(OCc4cccc(C)n4)cc3[C@H]3[C@H](CCCCO)[C@@H](CCCCO)C=C(C(=NOC4CCCCO4)C[C@@H]1SCCc1ccncc1)[C@H]32. The standard InChI is InChI=1S/C46H59N3O7S/c1-3-25-54-46-42(57-27-20-33-18-21-47-22-19-33)30-40(49-56-43-15-6-9-26-52-43)38-28-34(12-4-7-23-50)37(14-5-8-24-51)44(45(38)46)39-29-36(16-17-41(39)55-46)53-31-35-13-10-11-32(2)48-35/h3,10-11,13,16-19,21-22,28-29,34,37,42-45,50-51H,1,4-9,12,14-15,20,23-27,30-31H2,2H3/t34-,37+,42-,43?,44+,45+,46+/m0/s1. The number of aromatic nitrogens is 2. The maximum Gasteiger partial charge on any atom is 0.230 e. The Labute approximate surface area is 342 Å². The van der Waals surface area contributed by atoms with Crippen LogP contribution in [0.4, 0.5) is 0 Å². The number of oxime groups is 1. The van der Waals surface area contributed by atoms with E-state index in [1.807, 2.05) is 61.4 Å². The molecule has 306 valence electrons. The lowest BCUT2D eigenvalue weighted by molar-refractivity contribution is -0.223. The van der Waals surface area contributed by atoms with Crippen LogP contribution >= 0.6 is 11.8 Å². The molecule has 2 aliphatic heterocycles. The Balaban J connectivity index is 1.34. The van der Waals surface area contributed by atoms with E-state index in [0.29, 0.717) is 26.2 Å². The van der Waals surface area contributed by atoms with Crippen LogP contribution in [0.5, 0.6) is 11.5 Å². The summed E-state index contributed by atoms with van der Waals surface area (Å²) in [7, 11) is 0. The van der Waals surface area contributed by atoms with Gasteiger partial charge in [0.15, 0.2) is 0 Å². The van der Waals surface area contributed by atoms with Gasteiger partial charge in [0.25, 0.3) is 0 Å². The molecular formula is C46H59N3O7S. The van der Waals surface area contributed by atoms with Crippen LogP contribution in [0.25, 0.3) is 0 Å². The smallest absolute Gasteiger partial charge is 0.230 e. The third-order valence-corrected chi connectivity index (χ3v) is 13.2. The van der Waals surface area contributed by atoms with Crippen molar-refractivity contribution < 1.29 is 34.0 Å². The molecular weight excluding hydrogens is 739 g/mol. The van der Waals surface area contributed by atoms with Crippen molar-refractivity contribution in [3.05, 3.63) is 108 Å². The summed E-state index contributed by atoms with van der Waals surface area (Å²) in [5.74, 6) is 1.55. The van der Waals surface area contributed by atoms with E-state index in [4.69, 9.17) is 28.9 Å². The fourth-order valence-electron chi connectivity index (χ4n) is 9.19. The maximum absolute atomic E-state index is 9.95. The van der Waals surface area contributed by atoms with Crippen LogP contribution in [0.1, 0.15) is 92.6 Å². The van der Waals surface area contributed by atoms with Gasteiger partial charge < -0.3 is 34.0 Å². The first-order chi connectivity index (χ1) is 28.0.